The maximum absolute atomic E-state index is 11.6. The van der Waals surface area contributed by atoms with Gasteiger partial charge in [-0.2, -0.15) is 5.10 Å². The summed E-state index contributed by atoms with van der Waals surface area (Å²) in [5, 5.41) is 10.2. The van der Waals surface area contributed by atoms with E-state index in [0.29, 0.717) is 6.42 Å². The van der Waals surface area contributed by atoms with Crippen molar-refractivity contribution in [2.75, 3.05) is 23.6 Å². The molecular formula is C9H17N5O2S. The van der Waals surface area contributed by atoms with E-state index in [-0.39, 0.29) is 11.7 Å². The lowest BCUT2D eigenvalue weighted by atomic mass is 10.3. The molecule has 0 aliphatic rings. The van der Waals surface area contributed by atoms with Crippen molar-refractivity contribution < 1.29 is 8.42 Å². The van der Waals surface area contributed by atoms with Crippen LogP contribution in [0.1, 0.15) is 19.8 Å². The molecule has 0 bridgehead atoms. The van der Waals surface area contributed by atoms with Crippen LogP contribution in [0, 0.1) is 0 Å². The van der Waals surface area contributed by atoms with Gasteiger partial charge in [0.15, 0.2) is 0 Å². The largest absolute Gasteiger partial charge is 0.317 e. The molecule has 0 fully saturated rings. The lowest BCUT2D eigenvalue weighted by molar-refractivity contribution is 0.592. The zero-order valence-corrected chi connectivity index (χ0v) is 10.6. The number of anilines is 1. The second-order valence-corrected chi connectivity index (χ2v) is 5.29. The Bertz CT molecular complexity index is 409. The number of nitrogens with zero attached hydrogens (tertiary/aromatic N) is 3. The summed E-state index contributed by atoms with van der Waals surface area (Å²) < 4.78 is 25.5. The molecule has 8 heteroatoms. The van der Waals surface area contributed by atoms with E-state index in [1.54, 1.807) is 0 Å². The van der Waals surface area contributed by atoms with Crippen molar-refractivity contribution in [1.82, 2.24) is 20.5 Å². The normalized spacial score (nSPS) is 11.4. The summed E-state index contributed by atoms with van der Waals surface area (Å²) in [7, 11) is -3.36. The molecule has 0 spiro atoms. The van der Waals surface area contributed by atoms with Gasteiger partial charge >= 0.3 is 0 Å². The summed E-state index contributed by atoms with van der Waals surface area (Å²) in [5.74, 6) is 0.0793. The summed E-state index contributed by atoms with van der Waals surface area (Å²) in [6, 6.07) is 0. The predicted molar refractivity (Wildman–Crippen MR) is 65.0 cm³/mol. The maximum Gasteiger partial charge on any atom is 0.256 e. The van der Waals surface area contributed by atoms with Crippen LogP contribution in [-0.2, 0) is 10.0 Å². The average Bonchev–Trinajstić information content (AvgIpc) is 2.29. The Balaban J connectivity index is 2.32. The minimum atomic E-state index is -3.36. The van der Waals surface area contributed by atoms with Crippen molar-refractivity contribution in [3.63, 3.8) is 0 Å². The molecule has 0 aliphatic heterocycles. The van der Waals surface area contributed by atoms with Gasteiger partial charge in [0.25, 0.3) is 5.95 Å². The van der Waals surface area contributed by atoms with Crippen molar-refractivity contribution in [3.05, 3.63) is 12.4 Å². The third-order valence-corrected chi connectivity index (χ3v) is 3.32. The quantitative estimate of drug-likeness (QED) is 0.638. The van der Waals surface area contributed by atoms with Crippen molar-refractivity contribution in [1.29, 1.82) is 0 Å². The summed E-state index contributed by atoms with van der Waals surface area (Å²) in [5.41, 5.74) is 0. The molecule has 1 heterocycles. The highest BCUT2D eigenvalue weighted by atomic mass is 32.2. The van der Waals surface area contributed by atoms with Gasteiger partial charge in [0.2, 0.25) is 10.0 Å². The summed E-state index contributed by atoms with van der Waals surface area (Å²) in [6.07, 6.45) is 4.19. The molecule has 96 valence electrons. The smallest absolute Gasteiger partial charge is 0.256 e. The minimum absolute atomic E-state index is 0.0131. The Kier molecular flexibility index (Phi) is 5.78. The van der Waals surface area contributed by atoms with E-state index in [1.807, 2.05) is 6.92 Å². The minimum Gasteiger partial charge on any atom is -0.317 e. The second-order valence-electron chi connectivity index (χ2n) is 3.45. The Morgan fingerprint density at radius 1 is 1.29 bits per heavy atom. The molecule has 0 amide bonds. The van der Waals surface area contributed by atoms with Gasteiger partial charge < -0.3 is 5.32 Å². The molecule has 1 aromatic rings. The first-order valence-corrected chi connectivity index (χ1v) is 7.14. The van der Waals surface area contributed by atoms with Gasteiger partial charge in [0.1, 0.15) is 0 Å². The molecule has 0 radical (unpaired) electrons. The monoisotopic (exact) mass is 259 g/mol. The van der Waals surface area contributed by atoms with Gasteiger partial charge in [0, 0.05) is 0 Å². The molecule has 0 saturated carbocycles. The van der Waals surface area contributed by atoms with Gasteiger partial charge in [-0.15, -0.1) is 5.10 Å². The van der Waals surface area contributed by atoms with E-state index >= 15 is 0 Å². The summed E-state index contributed by atoms with van der Waals surface area (Å²) in [6.45, 7) is 3.74. The first kappa shape index (κ1) is 13.8. The fraction of sp³-hybridized carbons (Fsp3) is 0.667. The summed E-state index contributed by atoms with van der Waals surface area (Å²) >= 11 is 0. The van der Waals surface area contributed by atoms with Gasteiger partial charge in [-0.3, -0.25) is 0 Å². The zero-order valence-electron chi connectivity index (χ0n) is 9.76. The Hall–Kier alpha value is -1.28. The third kappa shape index (κ3) is 6.12. The number of aromatic nitrogens is 3. The SMILES string of the molecule is CCNCCCCS(=O)(=O)Nc1nccnn1. The Morgan fingerprint density at radius 2 is 2.12 bits per heavy atom. The third-order valence-electron chi connectivity index (χ3n) is 2.00. The van der Waals surface area contributed by atoms with Gasteiger partial charge in [-0.05, 0) is 25.9 Å². The van der Waals surface area contributed by atoms with E-state index in [2.05, 4.69) is 25.2 Å². The fourth-order valence-electron chi connectivity index (χ4n) is 1.20. The van der Waals surface area contributed by atoms with Gasteiger partial charge in [-0.25, -0.2) is 18.1 Å². The molecule has 0 saturated heterocycles. The number of unbranched alkanes of at least 4 members (excludes halogenated alkanes) is 1. The van der Waals surface area contributed by atoms with E-state index in [4.69, 9.17) is 0 Å². The highest BCUT2D eigenvalue weighted by molar-refractivity contribution is 7.92. The number of nitrogens with one attached hydrogen (secondary N) is 2. The topological polar surface area (TPSA) is 96.9 Å². The number of rotatable bonds is 8. The average molecular weight is 259 g/mol. The zero-order chi connectivity index (χ0) is 12.6. The molecule has 0 aromatic carbocycles. The van der Waals surface area contributed by atoms with Crippen LogP contribution in [0.5, 0.6) is 0 Å². The summed E-state index contributed by atoms with van der Waals surface area (Å²) in [4.78, 5) is 3.75. The lowest BCUT2D eigenvalue weighted by Crippen LogP contribution is -2.20. The second kappa shape index (κ2) is 7.13. The number of hydrogen-bond donors (Lipinski definition) is 2. The van der Waals surface area contributed by atoms with Crippen LogP contribution in [0.15, 0.2) is 12.4 Å². The van der Waals surface area contributed by atoms with Crippen LogP contribution in [0.4, 0.5) is 5.95 Å². The van der Waals surface area contributed by atoms with Crippen LogP contribution < -0.4 is 10.0 Å². The highest BCUT2D eigenvalue weighted by Gasteiger charge is 2.11. The van der Waals surface area contributed by atoms with Crippen LogP contribution in [-0.4, -0.2) is 42.4 Å². The molecule has 0 unspecified atom stereocenters. The van der Waals surface area contributed by atoms with Crippen LogP contribution in [0.2, 0.25) is 0 Å². The van der Waals surface area contributed by atoms with Crippen LogP contribution in [0.25, 0.3) is 0 Å². The Labute approximate surface area is 101 Å². The Morgan fingerprint density at radius 3 is 2.76 bits per heavy atom. The molecular weight excluding hydrogens is 242 g/mol. The van der Waals surface area contributed by atoms with Gasteiger partial charge in [-0.1, -0.05) is 6.92 Å². The fourth-order valence-corrected chi connectivity index (χ4v) is 2.26. The molecule has 7 nitrogen and oxygen atoms in total. The predicted octanol–water partition coefficient (Wildman–Crippen LogP) is 0.00300. The van der Waals surface area contributed by atoms with E-state index in [9.17, 15) is 8.42 Å². The van der Waals surface area contributed by atoms with E-state index in [0.717, 1.165) is 19.5 Å². The van der Waals surface area contributed by atoms with E-state index in [1.165, 1.54) is 12.4 Å². The molecule has 2 N–H and O–H groups in total. The first-order chi connectivity index (χ1) is 8.14. The standard InChI is InChI=1S/C9H17N5O2S/c1-2-10-5-3-4-8-17(15,16)14-9-11-6-7-12-13-9/h6-7,10H,2-5,8H2,1H3,(H,11,13,14). The van der Waals surface area contributed by atoms with Crippen molar-refractivity contribution in [2.24, 2.45) is 0 Å². The molecule has 1 rings (SSSR count). The van der Waals surface area contributed by atoms with Crippen molar-refractivity contribution in [3.8, 4) is 0 Å². The molecule has 17 heavy (non-hydrogen) atoms. The molecule has 0 aliphatic carbocycles. The lowest BCUT2D eigenvalue weighted by Gasteiger charge is -2.05. The highest BCUT2D eigenvalue weighted by Crippen LogP contribution is 2.01. The maximum atomic E-state index is 11.6. The van der Waals surface area contributed by atoms with Gasteiger partial charge in [0.05, 0.1) is 18.1 Å². The van der Waals surface area contributed by atoms with Crippen molar-refractivity contribution >= 4 is 16.0 Å². The van der Waals surface area contributed by atoms with Crippen LogP contribution >= 0.6 is 0 Å². The number of hydrogen-bond acceptors (Lipinski definition) is 6. The molecule has 0 atom stereocenters. The first-order valence-electron chi connectivity index (χ1n) is 5.49. The number of sulfonamides is 1. The molecule has 1 aromatic heterocycles. The van der Waals surface area contributed by atoms with Crippen LogP contribution in [0.3, 0.4) is 0 Å². The van der Waals surface area contributed by atoms with E-state index < -0.39 is 10.0 Å². The van der Waals surface area contributed by atoms with Crippen molar-refractivity contribution in [2.45, 2.75) is 19.8 Å².